The minimum Gasteiger partial charge on any atom is -0.491 e. The first kappa shape index (κ1) is 16.0. The van der Waals surface area contributed by atoms with Crippen LogP contribution in [0.1, 0.15) is 48.1 Å². The lowest BCUT2D eigenvalue weighted by molar-refractivity contribution is 0.102. The first-order valence-electron chi connectivity index (χ1n) is 8.08. The van der Waals surface area contributed by atoms with E-state index in [-0.39, 0.29) is 12.0 Å². The van der Waals surface area contributed by atoms with Crippen LogP contribution in [0.4, 0.5) is 5.13 Å². The van der Waals surface area contributed by atoms with Gasteiger partial charge in [-0.25, -0.2) is 4.98 Å². The number of carbonyl (C=O) groups excluding carboxylic acids is 1. The van der Waals surface area contributed by atoms with Crippen LogP contribution in [0.15, 0.2) is 24.3 Å². The summed E-state index contributed by atoms with van der Waals surface area (Å²) >= 11 is 1.61. The molecule has 0 saturated heterocycles. The molecular formula is C18H22N2O2S. The predicted molar refractivity (Wildman–Crippen MR) is 93.5 cm³/mol. The number of carbonyl (C=O) groups is 1. The smallest absolute Gasteiger partial charge is 0.257 e. The first-order chi connectivity index (χ1) is 11.0. The SMILES string of the molecule is CC1CCc2nc(NC(=O)c3ccc(OC(C)C)cc3)sc2C1. The van der Waals surface area contributed by atoms with E-state index in [0.29, 0.717) is 16.6 Å². The number of hydrogen-bond donors (Lipinski definition) is 1. The van der Waals surface area contributed by atoms with Crippen molar-refractivity contribution < 1.29 is 9.53 Å². The van der Waals surface area contributed by atoms with Crippen LogP contribution in [0.25, 0.3) is 0 Å². The Morgan fingerprint density at radius 2 is 2.09 bits per heavy atom. The summed E-state index contributed by atoms with van der Waals surface area (Å²) in [4.78, 5) is 18.2. The third kappa shape index (κ3) is 3.91. The van der Waals surface area contributed by atoms with Crippen molar-refractivity contribution in [1.29, 1.82) is 0 Å². The Hall–Kier alpha value is -1.88. The van der Waals surface area contributed by atoms with Crippen LogP contribution < -0.4 is 10.1 Å². The van der Waals surface area contributed by atoms with Crippen LogP contribution in [0.3, 0.4) is 0 Å². The number of anilines is 1. The first-order valence-corrected chi connectivity index (χ1v) is 8.89. The lowest BCUT2D eigenvalue weighted by Crippen LogP contribution is -2.12. The number of nitrogens with zero attached hydrogens (tertiary/aromatic N) is 1. The molecule has 0 bridgehead atoms. The third-order valence-corrected chi connectivity index (χ3v) is 4.93. The van der Waals surface area contributed by atoms with Crippen LogP contribution >= 0.6 is 11.3 Å². The van der Waals surface area contributed by atoms with Gasteiger partial charge in [0.2, 0.25) is 0 Å². The van der Waals surface area contributed by atoms with Crippen LogP contribution in [-0.2, 0) is 12.8 Å². The summed E-state index contributed by atoms with van der Waals surface area (Å²) < 4.78 is 5.59. The van der Waals surface area contributed by atoms with E-state index in [1.807, 2.05) is 26.0 Å². The van der Waals surface area contributed by atoms with Crippen molar-refractivity contribution in [1.82, 2.24) is 4.98 Å². The lowest BCUT2D eigenvalue weighted by atomic mass is 9.93. The molecule has 0 saturated carbocycles. The fourth-order valence-electron chi connectivity index (χ4n) is 2.72. The number of benzene rings is 1. The number of rotatable bonds is 4. The minimum absolute atomic E-state index is 0.124. The van der Waals surface area contributed by atoms with Gasteiger partial charge in [-0.2, -0.15) is 0 Å². The Balaban J connectivity index is 1.67. The standard InChI is InChI=1S/C18H22N2O2S/c1-11(2)22-14-7-5-13(6-8-14)17(21)20-18-19-15-9-4-12(3)10-16(15)23-18/h5-8,11-12H,4,9-10H2,1-3H3,(H,19,20,21). The van der Waals surface area contributed by atoms with Gasteiger partial charge >= 0.3 is 0 Å². The van der Waals surface area contributed by atoms with Crippen molar-refractivity contribution >= 4 is 22.4 Å². The summed E-state index contributed by atoms with van der Waals surface area (Å²) in [5, 5.41) is 3.62. The van der Waals surface area contributed by atoms with Crippen molar-refractivity contribution in [2.75, 3.05) is 5.32 Å². The maximum atomic E-state index is 12.3. The average molecular weight is 330 g/mol. The van der Waals surface area contributed by atoms with Gasteiger partial charge in [-0.05, 0) is 63.3 Å². The lowest BCUT2D eigenvalue weighted by Gasteiger charge is -2.15. The van der Waals surface area contributed by atoms with Crippen molar-refractivity contribution in [3.63, 3.8) is 0 Å². The summed E-state index contributed by atoms with van der Waals surface area (Å²) in [5.74, 6) is 1.36. The van der Waals surface area contributed by atoms with Gasteiger partial charge in [0.15, 0.2) is 5.13 Å². The van der Waals surface area contributed by atoms with Crippen LogP contribution in [-0.4, -0.2) is 17.0 Å². The quantitative estimate of drug-likeness (QED) is 0.909. The molecule has 1 aliphatic carbocycles. The molecule has 1 unspecified atom stereocenters. The molecule has 3 rings (SSSR count). The summed E-state index contributed by atoms with van der Waals surface area (Å²) in [6, 6.07) is 7.21. The van der Waals surface area contributed by atoms with Crippen molar-refractivity contribution in [3.8, 4) is 5.75 Å². The monoisotopic (exact) mass is 330 g/mol. The number of aromatic nitrogens is 1. The van der Waals surface area contributed by atoms with Crippen molar-refractivity contribution in [3.05, 3.63) is 40.4 Å². The molecule has 1 aromatic carbocycles. The van der Waals surface area contributed by atoms with Gasteiger partial charge in [-0.1, -0.05) is 6.92 Å². The van der Waals surface area contributed by atoms with E-state index in [9.17, 15) is 4.79 Å². The topological polar surface area (TPSA) is 51.2 Å². The highest BCUT2D eigenvalue weighted by Crippen LogP contribution is 2.32. The van der Waals surface area contributed by atoms with Crippen LogP contribution in [0.5, 0.6) is 5.75 Å². The van der Waals surface area contributed by atoms with Crippen LogP contribution in [0.2, 0.25) is 0 Å². The van der Waals surface area contributed by atoms with E-state index < -0.39 is 0 Å². The number of fused-ring (bicyclic) bond motifs is 1. The normalized spacial score (nSPS) is 17.0. The van der Waals surface area contributed by atoms with Gasteiger partial charge in [0.1, 0.15) is 5.75 Å². The Kier molecular flexibility index (Phi) is 4.66. The fourth-order valence-corrected chi connectivity index (χ4v) is 3.89. The van der Waals surface area contributed by atoms with Crippen LogP contribution in [0, 0.1) is 5.92 Å². The Morgan fingerprint density at radius 1 is 1.35 bits per heavy atom. The highest BCUT2D eigenvalue weighted by molar-refractivity contribution is 7.15. The molecule has 1 aromatic heterocycles. The number of nitrogens with one attached hydrogen (secondary N) is 1. The maximum absolute atomic E-state index is 12.3. The Bertz CT molecular complexity index is 692. The highest BCUT2D eigenvalue weighted by atomic mass is 32.1. The molecule has 4 nitrogen and oxygen atoms in total. The van der Waals surface area contributed by atoms with Gasteiger partial charge in [-0.15, -0.1) is 11.3 Å². The van der Waals surface area contributed by atoms with E-state index in [2.05, 4.69) is 17.2 Å². The van der Waals surface area contributed by atoms with E-state index in [0.717, 1.165) is 24.3 Å². The van der Waals surface area contributed by atoms with E-state index in [1.54, 1.807) is 23.5 Å². The summed E-state index contributed by atoms with van der Waals surface area (Å²) in [5.41, 5.74) is 1.77. The van der Waals surface area contributed by atoms with E-state index >= 15 is 0 Å². The van der Waals surface area contributed by atoms with Gasteiger partial charge in [-0.3, -0.25) is 10.1 Å². The largest absolute Gasteiger partial charge is 0.491 e. The summed E-state index contributed by atoms with van der Waals surface area (Å²) in [6.45, 7) is 6.22. The number of ether oxygens (including phenoxy) is 1. The Labute approximate surface area is 140 Å². The van der Waals surface area contributed by atoms with Gasteiger partial charge in [0.25, 0.3) is 5.91 Å². The van der Waals surface area contributed by atoms with Gasteiger partial charge in [0, 0.05) is 10.4 Å². The molecule has 1 N–H and O–H groups in total. The number of aryl methyl sites for hydroxylation is 1. The molecule has 0 spiro atoms. The second-order valence-electron chi connectivity index (χ2n) is 6.38. The molecule has 0 fully saturated rings. The molecule has 0 aliphatic heterocycles. The third-order valence-electron chi connectivity index (χ3n) is 3.89. The number of amides is 1. The molecule has 1 amide bonds. The predicted octanol–water partition coefficient (Wildman–Crippen LogP) is 4.31. The Morgan fingerprint density at radius 3 is 2.78 bits per heavy atom. The van der Waals surface area contributed by atoms with Crippen molar-refractivity contribution in [2.45, 2.75) is 46.1 Å². The molecule has 122 valence electrons. The zero-order valence-electron chi connectivity index (χ0n) is 13.8. The fraction of sp³-hybridized carbons (Fsp3) is 0.444. The van der Waals surface area contributed by atoms with Gasteiger partial charge in [0.05, 0.1) is 11.8 Å². The molecule has 1 heterocycles. The number of hydrogen-bond acceptors (Lipinski definition) is 4. The van der Waals surface area contributed by atoms with Gasteiger partial charge < -0.3 is 4.74 Å². The maximum Gasteiger partial charge on any atom is 0.257 e. The molecule has 5 heteroatoms. The molecule has 1 aliphatic rings. The second kappa shape index (κ2) is 6.71. The highest BCUT2D eigenvalue weighted by Gasteiger charge is 2.20. The second-order valence-corrected chi connectivity index (χ2v) is 7.47. The zero-order valence-corrected chi connectivity index (χ0v) is 14.6. The average Bonchev–Trinajstić information content (AvgIpc) is 2.88. The minimum atomic E-state index is -0.125. The molecule has 2 aromatic rings. The molecule has 0 radical (unpaired) electrons. The zero-order chi connectivity index (χ0) is 16.4. The molecular weight excluding hydrogens is 308 g/mol. The summed E-state index contributed by atoms with van der Waals surface area (Å²) in [6.07, 6.45) is 3.40. The van der Waals surface area contributed by atoms with Crippen molar-refractivity contribution in [2.24, 2.45) is 5.92 Å². The molecule has 23 heavy (non-hydrogen) atoms. The molecule has 1 atom stereocenters. The summed E-state index contributed by atoms with van der Waals surface area (Å²) in [7, 11) is 0. The number of thiazole rings is 1. The van der Waals surface area contributed by atoms with E-state index in [4.69, 9.17) is 4.74 Å². The van der Waals surface area contributed by atoms with E-state index in [1.165, 1.54) is 11.3 Å².